The van der Waals surface area contributed by atoms with Crippen LogP contribution < -0.4 is 9.47 Å². The van der Waals surface area contributed by atoms with E-state index in [2.05, 4.69) is 15.1 Å². The van der Waals surface area contributed by atoms with Gasteiger partial charge in [-0.3, -0.25) is 4.79 Å². The van der Waals surface area contributed by atoms with Crippen LogP contribution in [0.1, 0.15) is 23.4 Å². The Hall–Kier alpha value is -2.64. The van der Waals surface area contributed by atoms with Gasteiger partial charge < -0.3 is 18.9 Å². The fourth-order valence-electron chi connectivity index (χ4n) is 2.76. The summed E-state index contributed by atoms with van der Waals surface area (Å²) in [6.45, 7) is 4.83. The lowest BCUT2D eigenvalue weighted by molar-refractivity contribution is -0.129. The number of carbonyl (C=O) groups is 1. The summed E-state index contributed by atoms with van der Waals surface area (Å²) in [5.41, 5.74) is 1.62. The Morgan fingerprint density at radius 3 is 2.75 bits per heavy atom. The second-order valence-corrected chi connectivity index (χ2v) is 5.72. The van der Waals surface area contributed by atoms with Gasteiger partial charge in [-0.15, -0.1) is 0 Å². The molecule has 8 nitrogen and oxygen atoms in total. The molecule has 0 aromatic carbocycles. The molecule has 24 heavy (non-hydrogen) atoms. The molecule has 1 aliphatic rings. The van der Waals surface area contributed by atoms with Crippen LogP contribution in [-0.2, 0) is 11.2 Å². The van der Waals surface area contributed by atoms with Gasteiger partial charge in [-0.2, -0.15) is 0 Å². The molecule has 1 aliphatic heterocycles. The molecule has 3 heterocycles. The number of aromatic nitrogens is 3. The van der Waals surface area contributed by atoms with E-state index in [0.717, 1.165) is 17.7 Å². The van der Waals surface area contributed by atoms with Gasteiger partial charge >= 0.3 is 0 Å². The molecule has 0 unspecified atom stereocenters. The van der Waals surface area contributed by atoms with E-state index >= 15 is 0 Å². The van der Waals surface area contributed by atoms with Crippen molar-refractivity contribution in [3.63, 3.8) is 0 Å². The Labute approximate surface area is 139 Å². The maximum Gasteiger partial charge on any atom is 0.278 e. The molecule has 2 aromatic rings. The maximum absolute atomic E-state index is 12.5. The van der Waals surface area contributed by atoms with E-state index in [4.69, 9.17) is 14.0 Å². The Morgan fingerprint density at radius 1 is 1.33 bits per heavy atom. The van der Waals surface area contributed by atoms with Crippen molar-refractivity contribution in [1.29, 1.82) is 0 Å². The summed E-state index contributed by atoms with van der Waals surface area (Å²) in [5.74, 6) is 1.43. The molecule has 2 aromatic heterocycles. The number of carbonyl (C=O) groups excluding carboxylic acids is 1. The van der Waals surface area contributed by atoms with Gasteiger partial charge in [0.2, 0.25) is 5.91 Å². The Kier molecular flexibility index (Phi) is 4.64. The minimum absolute atomic E-state index is 0.0432. The topological polar surface area (TPSA) is 90.6 Å². The molecule has 1 amide bonds. The van der Waals surface area contributed by atoms with Crippen molar-refractivity contribution < 1.29 is 18.8 Å². The van der Waals surface area contributed by atoms with Gasteiger partial charge in [-0.05, 0) is 13.8 Å². The molecule has 1 fully saturated rings. The van der Waals surface area contributed by atoms with Gasteiger partial charge in [0.15, 0.2) is 0 Å². The average Bonchev–Trinajstić information content (AvgIpc) is 3.17. The summed E-state index contributed by atoms with van der Waals surface area (Å²) in [6.07, 6.45) is 4.01. The Balaban J connectivity index is 1.60. The zero-order valence-corrected chi connectivity index (χ0v) is 14.0. The Bertz CT molecular complexity index is 711. The summed E-state index contributed by atoms with van der Waals surface area (Å²) < 4.78 is 16.1. The van der Waals surface area contributed by atoms with Crippen molar-refractivity contribution in [1.82, 2.24) is 20.0 Å². The lowest BCUT2D eigenvalue weighted by Gasteiger charge is -2.17. The molecule has 8 heteroatoms. The fraction of sp³-hybridized carbons (Fsp3) is 0.500. The van der Waals surface area contributed by atoms with Gasteiger partial charge in [0, 0.05) is 30.9 Å². The van der Waals surface area contributed by atoms with Crippen LogP contribution in [0.2, 0.25) is 0 Å². The molecular formula is C16H20N4O4. The van der Waals surface area contributed by atoms with Gasteiger partial charge in [-0.1, -0.05) is 5.16 Å². The van der Waals surface area contributed by atoms with E-state index < -0.39 is 0 Å². The lowest BCUT2D eigenvalue weighted by Crippen LogP contribution is -2.32. The molecule has 0 bridgehead atoms. The molecule has 0 N–H and O–H groups in total. The third kappa shape index (κ3) is 3.32. The Morgan fingerprint density at radius 2 is 2.08 bits per heavy atom. The highest BCUT2D eigenvalue weighted by Crippen LogP contribution is 2.24. The van der Waals surface area contributed by atoms with Crippen LogP contribution in [0.5, 0.6) is 11.8 Å². The largest absolute Gasteiger partial charge is 0.477 e. The SMILES string of the molecule is COc1nccnc1O[C@@H]1CCN(C(=O)Cc2c(C)noc2C)C1. The first-order valence-corrected chi connectivity index (χ1v) is 7.79. The number of hydrogen-bond acceptors (Lipinski definition) is 7. The van der Waals surface area contributed by atoms with Crippen molar-refractivity contribution in [3.8, 4) is 11.8 Å². The highest BCUT2D eigenvalue weighted by molar-refractivity contribution is 5.79. The van der Waals surface area contributed by atoms with Crippen LogP contribution in [0, 0.1) is 13.8 Å². The third-order valence-corrected chi connectivity index (χ3v) is 4.11. The van der Waals surface area contributed by atoms with Crippen LogP contribution in [0.3, 0.4) is 0 Å². The molecule has 0 spiro atoms. The second kappa shape index (κ2) is 6.86. The molecule has 0 aliphatic carbocycles. The zero-order valence-electron chi connectivity index (χ0n) is 14.0. The van der Waals surface area contributed by atoms with E-state index in [1.54, 1.807) is 17.3 Å². The van der Waals surface area contributed by atoms with Crippen LogP contribution >= 0.6 is 0 Å². The van der Waals surface area contributed by atoms with E-state index in [9.17, 15) is 4.79 Å². The number of methoxy groups -OCH3 is 1. The standard InChI is InChI=1S/C16H20N4O4/c1-10-13(11(2)24-19-10)8-14(21)20-7-4-12(9-20)23-16-15(22-3)17-5-6-18-16/h5-6,12H,4,7-9H2,1-3H3/t12-/m1/s1. The monoisotopic (exact) mass is 332 g/mol. The second-order valence-electron chi connectivity index (χ2n) is 5.72. The van der Waals surface area contributed by atoms with Crippen LogP contribution in [-0.4, -0.2) is 52.2 Å². The summed E-state index contributed by atoms with van der Waals surface area (Å²) in [7, 11) is 1.52. The number of ether oxygens (including phenoxy) is 2. The maximum atomic E-state index is 12.5. The molecular weight excluding hydrogens is 312 g/mol. The van der Waals surface area contributed by atoms with Crippen LogP contribution in [0.4, 0.5) is 0 Å². The summed E-state index contributed by atoms with van der Waals surface area (Å²) in [5, 5.41) is 3.89. The van der Waals surface area contributed by atoms with Crippen LogP contribution in [0.15, 0.2) is 16.9 Å². The molecule has 0 radical (unpaired) electrons. The number of nitrogens with zero attached hydrogens (tertiary/aromatic N) is 4. The van der Waals surface area contributed by atoms with E-state index in [0.29, 0.717) is 37.0 Å². The minimum Gasteiger partial charge on any atom is -0.477 e. The average molecular weight is 332 g/mol. The number of amides is 1. The fourth-order valence-corrected chi connectivity index (χ4v) is 2.76. The van der Waals surface area contributed by atoms with Crippen molar-refractivity contribution in [2.75, 3.05) is 20.2 Å². The van der Waals surface area contributed by atoms with Gasteiger partial charge in [-0.25, -0.2) is 9.97 Å². The first-order chi connectivity index (χ1) is 11.6. The van der Waals surface area contributed by atoms with E-state index in [1.165, 1.54) is 7.11 Å². The molecule has 1 atom stereocenters. The summed E-state index contributed by atoms with van der Waals surface area (Å²) >= 11 is 0. The van der Waals surface area contributed by atoms with Crippen molar-refractivity contribution in [3.05, 3.63) is 29.4 Å². The van der Waals surface area contributed by atoms with E-state index in [-0.39, 0.29) is 12.0 Å². The molecule has 128 valence electrons. The van der Waals surface area contributed by atoms with Gasteiger partial charge in [0.1, 0.15) is 11.9 Å². The van der Waals surface area contributed by atoms with E-state index in [1.807, 2.05) is 13.8 Å². The predicted molar refractivity (Wildman–Crippen MR) is 83.9 cm³/mol. The summed E-state index contributed by atoms with van der Waals surface area (Å²) in [6, 6.07) is 0. The molecule has 0 saturated carbocycles. The number of likely N-dealkylation sites (tertiary alicyclic amines) is 1. The highest BCUT2D eigenvalue weighted by atomic mass is 16.5. The van der Waals surface area contributed by atoms with Crippen molar-refractivity contribution >= 4 is 5.91 Å². The highest BCUT2D eigenvalue weighted by Gasteiger charge is 2.29. The predicted octanol–water partition coefficient (Wildman–Crippen LogP) is 1.31. The smallest absolute Gasteiger partial charge is 0.278 e. The number of rotatable bonds is 5. The molecule has 3 rings (SSSR count). The zero-order chi connectivity index (χ0) is 17.1. The number of aryl methyl sites for hydroxylation is 2. The van der Waals surface area contributed by atoms with Crippen molar-refractivity contribution in [2.45, 2.75) is 32.8 Å². The first-order valence-electron chi connectivity index (χ1n) is 7.79. The summed E-state index contributed by atoms with van der Waals surface area (Å²) in [4.78, 5) is 22.5. The first kappa shape index (κ1) is 16.2. The number of hydrogen-bond donors (Lipinski definition) is 0. The van der Waals surface area contributed by atoms with Crippen LogP contribution in [0.25, 0.3) is 0 Å². The third-order valence-electron chi connectivity index (χ3n) is 4.11. The quantitative estimate of drug-likeness (QED) is 0.815. The minimum atomic E-state index is -0.121. The van der Waals surface area contributed by atoms with Gasteiger partial charge in [0.25, 0.3) is 11.8 Å². The van der Waals surface area contributed by atoms with Gasteiger partial charge in [0.05, 0.1) is 25.8 Å². The lowest BCUT2D eigenvalue weighted by atomic mass is 10.1. The normalized spacial score (nSPS) is 17.1. The molecule has 1 saturated heterocycles. The van der Waals surface area contributed by atoms with Crippen molar-refractivity contribution in [2.24, 2.45) is 0 Å².